The fourth-order valence-electron chi connectivity index (χ4n) is 2.09. The predicted octanol–water partition coefficient (Wildman–Crippen LogP) is 1.56. The molecule has 0 aliphatic carbocycles. The largest absolute Gasteiger partial charge is 0.491 e. The van der Waals surface area contributed by atoms with Crippen LogP contribution in [0.2, 0.25) is 5.02 Å². The summed E-state index contributed by atoms with van der Waals surface area (Å²) in [5.74, 6) is -1.65. The van der Waals surface area contributed by atoms with E-state index in [0.717, 1.165) is 6.07 Å². The topological polar surface area (TPSA) is 76.1 Å². The first kappa shape index (κ1) is 16.5. The number of halogens is 2. The number of carbonyl (C=O) groups excluding carboxylic acids is 1. The third kappa shape index (κ3) is 4.08. The molecule has 2 rings (SSSR count). The molecule has 1 N–H and O–H groups in total. The molecule has 0 spiro atoms. The first-order chi connectivity index (χ1) is 10.5. The maximum Gasteiger partial charge on any atom is 0.328 e. The molecule has 1 aromatic carbocycles. The molecule has 1 fully saturated rings. The molecule has 120 valence electrons. The molecular formula is C14H15ClFNO5. The minimum Gasteiger partial charge on any atom is -0.491 e. The lowest BCUT2D eigenvalue weighted by molar-refractivity contribution is -0.158. The van der Waals surface area contributed by atoms with Crippen molar-refractivity contribution in [3.05, 3.63) is 29.0 Å². The summed E-state index contributed by atoms with van der Waals surface area (Å²) in [6, 6.07) is 2.71. The van der Waals surface area contributed by atoms with Gasteiger partial charge in [0.2, 0.25) is 5.91 Å². The second-order valence-corrected chi connectivity index (χ2v) is 5.10. The van der Waals surface area contributed by atoms with Crippen molar-refractivity contribution in [2.24, 2.45) is 0 Å². The van der Waals surface area contributed by atoms with E-state index in [1.807, 2.05) is 0 Å². The van der Waals surface area contributed by atoms with Crippen LogP contribution in [0.15, 0.2) is 18.2 Å². The molecule has 1 saturated heterocycles. The highest BCUT2D eigenvalue weighted by molar-refractivity contribution is 6.32. The summed E-state index contributed by atoms with van der Waals surface area (Å²) < 4.78 is 23.3. The van der Waals surface area contributed by atoms with Crippen LogP contribution in [0.1, 0.15) is 6.42 Å². The molecule has 8 heteroatoms. The number of carboxylic acid groups (broad SMARTS) is 1. The first-order valence-electron chi connectivity index (χ1n) is 6.67. The van der Waals surface area contributed by atoms with Crippen LogP contribution in [0.25, 0.3) is 0 Å². The van der Waals surface area contributed by atoms with Gasteiger partial charge < -0.3 is 19.5 Å². The Morgan fingerprint density at radius 3 is 2.95 bits per heavy atom. The van der Waals surface area contributed by atoms with E-state index in [9.17, 15) is 14.0 Å². The van der Waals surface area contributed by atoms with Crippen molar-refractivity contribution in [3.63, 3.8) is 0 Å². The van der Waals surface area contributed by atoms with Crippen LogP contribution in [-0.4, -0.2) is 54.3 Å². The number of hydrogen-bond donors (Lipinski definition) is 1. The van der Waals surface area contributed by atoms with Gasteiger partial charge in [-0.25, -0.2) is 9.18 Å². The smallest absolute Gasteiger partial charge is 0.328 e. The molecule has 1 atom stereocenters. The Morgan fingerprint density at radius 2 is 2.27 bits per heavy atom. The highest BCUT2D eigenvalue weighted by Gasteiger charge is 2.32. The van der Waals surface area contributed by atoms with Gasteiger partial charge in [0.25, 0.3) is 0 Å². The molecule has 0 unspecified atom stereocenters. The highest BCUT2D eigenvalue weighted by atomic mass is 35.5. The maximum atomic E-state index is 12.9. The van der Waals surface area contributed by atoms with Gasteiger partial charge in [-0.1, -0.05) is 11.6 Å². The number of aliphatic carboxylic acids is 1. The first-order valence-corrected chi connectivity index (χ1v) is 7.04. The normalized spacial score (nSPS) is 18.1. The number of hydrogen-bond acceptors (Lipinski definition) is 4. The maximum absolute atomic E-state index is 12.9. The Hall–Kier alpha value is -1.86. The minimum atomic E-state index is -1.10. The van der Waals surface area contributed by atoms with Crippen LogP contribution in [-0.2, 0) is 14.3 Å². The van der Waals surface area contributed by atoms with Crippen molar-refractivity contribution in [2.45, 2.75) is 12.5 Å². The zero-order chi connectivity index (χ0) is 16.1. The number of carbonyl (C=O) groups is 2. The van der Waals surface area contributed by atoms with Gasteiger partial charge in [0.15, 0.2) is 6.04 Å². The van der Waals surface area contributed by atoms with Gasteiger partial charge in [-0.15, -0.1) is 0 Å². The summed E-state index contributed by atoms with van der Waals surface area (Å²) in [5, 5.41) is 9.18. The van der Waals surface area contributed by atoms with Crippen LogP contribution >= 0.6 is 11.6 Å². The number of nitrogens with zero attached hydrogens (tertiary/aromatic N) is 1. The van der Waals surface area contributed by atoms with Crippen LogP contribution in [0, 0.1) is 5.82 Å². The van der Waals surface area contributed by atoms with Crippen molar-refractivity contribution in [3.8, 4) is 5.75 Å². The fourth-order valence-corrected chi connectivity index (χ4v) is 2.31. The van der Waals surface area contributed by atoms with E-state index < -0.39 is 17.8 Å². The summed E-state index contributed by atoms with van der Waals surface area (Å²) in [4.78, 5) is 24.4. The zero-order valence-electron chi connectivity index (χ0n) is 11.6. The molecule has 0 bridgehead atoms. The van der Waals surface area contributed by atoms with E-state index in [4.69, 9.17) is 26.2 Å². The number of carboxylic acids is 1. The van der Waals surface area contributed by atoms with E-state index in [-0.39, 0.29) is 42.9 Å². The summed E-state index contributed by atoms with van der Waals surface area (Å²) >= 11 is 5.80. The van der Waals surface area contributed by atoms with Crippen molar-refractivity contribution >= 4 is 23.5 Å². The molecule has 1 aliphatic rings. The Balaban J connectivity index is 1.87. The van der Waals surface area contributed by atoms with Gasteiger partial charge in [-0.2, -0.15) is 0 Å². The second-order valence-electron chi connectivity index (χ2n) is 4.69. The Kier molecular flexibility index (Phi) is 5.57. The summed E-state index contributed by atoms with van der Waals surface area (Å²) in [5.41, 5.74) is 0. The Bertz CT molecular complexity index is 568. The van der Waals surface area contributed by atoms with E-state index in [1.165, 1.54) is 17.0 Å². The van der Waals surface area contributed by atoms with Gasteiger partial charge in [0.1, 0.15) is 11.6 Å². The minimum absolute atomic E-state index is 0.00249. The van der Waals surface area contributed by atoms with Crippen LogP contribution in [0.5, 0.6) is 5.75 Å². The van der Waals surface area contributed by atoms with Gasteiger partial charge >= 0.3 is 5.97 Å². The number of morpholine rings is 1. The average Bonchev–Trinajstić information content (AvgIpc) is 2.49. The van der Waals surface area contributed by atoms with Crippen LogP contribution in [0.3, 0.4) is 0 Å². The third-order valence-corrected chi connectivity index (χ3v) is 3.50. The van der Waals surface area contributed by atoms with E-state index in [2.05, 4.69) is 0 Å². The summed E-state index contributed by atoms with van der Waals surface area (Å²) in [6.45, 7) is 0.535. The van der Waals surface area contributed by atoms with Crippen molar-refractivity contribution in [1.29, 1.82) is 0 Å². The zero-order valence-corrected chi connectivity index (χ0v) is 12.4. The lowest BCUT2D eigenvalue weighted by Crippen LogP contribution is -2.52. The summed E-state index contributed by atoms with van der Waals surface area (Å²) in [7, 11) is 0. The Morgan fingerprint density at radius 1 is 1.50 bits per heavy atom. The number of rotatable bonds is 5. The molecule has 0 saturated carbocycles. The summed E-state index contributed by atoms with van der Waals surface area (Å²) in [6.07, 6.45) is -0.00249. The predicted molar refractivity (Wildman–Crippen MR) is 75.5 cm³/mol. The van der Waals surface area contributed by atoms with Crippen molar-refractivity contribution in [1.82, 2.24) is 4.90 Å². The second kappa shape index (κ2) is 7.42. The molecule has 1 aliphatic heterocycles. The third-order valence-electron chi connectivity index (χ3n) is 3.20. The van der Waals surface area contributed by atoms with Gasteiger partial charge in [-0.3, -0.25) is 4.79 Å². The highest BCUT2D eigenvalue weighted by Crippen LogP contribution is 2.25. The molecule has 22 heavy (non-hydrogen) atoms. The average molecular weight is 332 g/mol. The van der Waals surface area contributed by atoms with Gasteiger partial charge in [0, 0.05) is 6.54 Å². The van der Waals surface area contributed by atoms with E-state index in [1.54, 1.807) is 0 Å². The van der Waals surface area contributed by atoms with E-state index in [0.29, 0.717) is 6.61 Å². The molecule has 0 radical (unpaired) electrons. The molecule has 6 nitrogen and oxygen atoms in total. The monoisotopic (exact) mass is 331 g/mol. The Labute approximate surface area is 131 Å². The SMILES string of the molecule is O=C(O)[C@H]1COCCN1C(=O)CCOc1ccc(F)cc1Cl. The van der Waals surface area contributed by atoms with Gasteiger partial charge in [0.05, 0.1) is 31.3 Å². The van der Waals surface area contributed by atoms with Crippen molar-refractivity contribution in [2.75, 3.05) is 26.4 Å². The number of ether oxygens (including phenoxy) is 2. The molecule has 1 heterocycles. The molecular weight excluding hydrogens is 317 g/mol. The standard InChI is InChI=1S/C14H15ClFNO5/c15-10-7-9(16)1-2-12(10)22-5-3-13(18)17-4-6-21-8-11(17)14(19)20/h1-2,7,11H,3-6,8H2,(H,19,20)/t11-/m1/s1. The van der Waals surface area contributed by atoms with Crippen molar-refractivity contribution < 1.29 is 28.6 Å². The van der Waals surface area contributed by atoms with Crippen LogP contribution < -0.4 is 4.74 Å². The lowest BCUT2D eigenvalue weighted by atomic mass is 10.2. The fraction of sp³-hybridized carbons (Fsp3) is 0.429. The number of benzene rings is 1. The van der Waals surface area contributed by atoms with Gasteiger partial charge in [-0.05, 0) is 18.2 Å². The lowest BCUT2D eigenvalue weighted by Gasteiger charge is -2.32. The quantitative estimate of drug-likeness (QED) is 0.886. The molecule has 1 aromatic rings. The van der Waals surface area contributed by atoms with Crippen LogP contribution in [0.4, 0.5) is 4.39 Å². The molecule has 1 amide bonds. The molecule has 0 aromatic heterocycles. The van der Waals surface area contributed by atoms with E-state index >= 15 is 0 Å². The number of amides is 1.